The molecule has 0 spiro atoms. The molecule has 2 aromatic carbocycles. The number of hydrogen-bond acceptors (Lipinski definition) is 6. The molecular weight excluding hydrogens is 475 g/mol. The molecule has 0 bridgehead atoms. The van der Waals surface area contributed by atoms with Crippen molar-refractivity contribution in [2.75, 3.05) is 18.8 Å². The Hall–Kier alpha value is -3.20. The normalized spacial score (nSPS) is 15.5. The fourth-order valence-electron chi connectivity index (χ4n) is 3.70. The van der Waals surface area contributed by atoms with E-state index in [-0.39, 0.29) is 35.9 Å². The highest BCUT2D eigenvalue weighted by Crippen LogP contribution is 2.22. The van der Waals surface area contributed by atoms with Gasteiger partial charge in [-0.1, -0.05) is 41.4 Å². The minimum atomic E-state index is -0.366. The first-order valence-corrected chi connectivity index (χ1v) is 11.6. The van der Waals surface area contributed by atoms with E-state index < -0.39 is 0 Å². The highest BCUT2D eigenvalue weighted by Gasteiger charge is 2.20. The second-order valence-corrected chi connectivity index (χ2v) is 8.85. The fourth-order valence-corrected chi connectivity index (χ4v) is 4.17. The summed E-state index contributed by atoms with van der Waals surface area (Å²) in [6.07, 6.45) is 3.37. The van der Waals surface area contributed by atoms with Gasteiger partial charge in [0.2, 0.25) is 0 Å². The Morgan fingerprint density at radius 1 is 1.15 bits per heavy atom. The number of aromatic nitrogens is 2. The van der Waals surface area contributed by atoms with Gasteiger partial charge in [-0.15, -0.1) is 0 Å². The number of carbonyl (C=O) groups excluding carboxylic acids is 2. The average Bonchev–Trinajstić information content (AvgIpc) is 2.84. The first-order chi connectivity index (χ1) is 16.4. The maximum atomic E-state index is 12.8. The van der Waals surface area contributed by atoms with Crippen LogP contribution >= 0.6 is 23.2 Å². The van der Waals surface area contributed by atoms with Crippen molar-refractivity contribution in [3.05, 3.63) is 75.5 Å². The van der Waals surface area contributed by atoms with E-state index in [1.165, 1.54) is 6.20 Å². The number of anilines is 1. The van der Waals surface area contributed by atoms with Crippen LogP contribution in [0.3, 0.4) is 0 Å². The molecule has 1 saturated heterocycles. The van der Waals surface area contributed by atoms with Crippen LogP contribution in [0.15, 0.2) is 48.7 Å². The molecule has 8 nitrogen and oxygen atoms in total. The van der Waals surface area contributed by atoms with E-state index in [9.17, 15) is 9.59 Å². The van der Waals surface area contributed by atoms with Crippen molar-refractivity contribution in [1.29, 1.82) is 0 Å². The van der Waals surface area contributed by atoms with Gasteiger partial charge in [0.1, 0.15) is 0 Å². The molecule has 4 rings (SSSR count). The predicted octanol–water partition coefficient (Wildman–Crippen LogP) is 3.44. The number of carbonyl (C=O) groups is 2. The van der Waals surface area contributed by atoms with E-state index in [2.05, 4.69) is 25.9 Å². The van der Waals surface area contributed by atoms with Gasteiger partial charge in [0, 0.05) is 40.3 Å². The summed E-state index contributed by atoms with van der Waals surface area (Å²) in [5.41, 5.74) is 8.26. The molecule has 0 radical (unpaired) electrons. The van der Waals surface area contributed by atoms with Crippen LogP contribution in [0.25, 0.3) is 11.3 Å². The molecule has 2 amide bonds. The van der Waals surface area contributed by atoms with Crippen LogP contribution in [0, 0.1) is 0 Å². The summed E-state index contributed by atoms with van der Waals surface area (Å²) in [6, 6.07) is 12.0. The van der Waals surface area contributed by atoms with Gasteiger partial charge in [0.15, 0.2) is 11.5 Å². The van der Waals surface area contributed by atoms with E-state index in [1.807, 2.05) is 0 Å². The number of amides is 2. The minimum absolute atomic E-state index is 0.0206. The first kappa shape index (κ1) is 23.9. The van der Waals surface area contributed by atoms with E-state index in [0.717, 1.165) is 24.9 Å². The third-order valence-electron chi connectivity index (χ3n) is 5.52. The van der Waals surface area contributed by atoms with Gasteiger partial charge in [0.05, 0.1) is 11.9 Å². The molecule has 1 aliphatic rings. The number of nitrogens with one attached hydrogen (secondary N) is 3. The summed E-state index contributed by atoms with van der Waals surface area (Å²) >= 11 is 12.1. The zero-order valence-electron chi connectivity index (χ0n) is 18.3. The Morgan fingerprint density at radius 3 is 2.76 bits per heavy atom. The van der Waals surface area contributed by atoms with Gasteiger partial charge in [-0.25, -0.2) is 9.97 Å². The number of rotatable bonds is 6. The molecule has 0 unspecified atom stereocenters. The number of halogens is 2. The molecule has 1 aromatic heterocycles. The quantitative estimate of drug-likeness (QED) is 0.412. The standard InChI is InChI=1S/C24H24Cl2N6O2/c25-17-7-6-16(19(26)10-17)11-30-23(33)15-4-1-3-14(9-15)20-13-29-22(27)21(32-20)24(34)31-18-5-2-8-28-12-18/h1,3-4,6-7,9-10,13,18,28H,2,5,8,11-12H2,(H2,27,29)(H,30,33)(H,31,34)/t18-/m0/s1. The van der Waals surface area contributed by atoms with Crippen molar-refractivity contribution in [1.82, 2.24) is 25.9 Å². The van der Waals surface area contributed by atoms with Crippen molar-refractivity contribution >= 4 is 40.8 Å². The molecule has 2 heterocycles. The van der Waals surface area contributed by atoms with Crippen molar-refractivity contribution in [2.45, 2.75) is 25.4 Å². The summed E-state index contributed by atoms with van der Waals surface area (Å²) in [7, 11) is 0. The lowest BCUT2D eigenvalue weighted by atomic mass is 10.1. The highest BCUT2D eigenvalue weighted by atomic mass is 35.5. The number of hydrogen-bond donors (Lipinski definition) is 4. The summed E-state index contributed by atoms with van der Waals surface area (Å²) in [6.45, 7) is 1.90. The van der Waals surface area contributed by atoms with Crippen LogP contribution in [0.1, 0.15) is 39.3 Å². The fraction of sp³-hybridized carbons (Fsp3) is 0.250. The van der Waals surface area contributed by atoms with E-state index >= 15 is 0 Å². The molecule has 5 N–H and O–H groups in total. The summed E-state index contributed by atoms with van der Waals surface area (Å²) in [5.74, 6) is -0.591. The molecule has 0 aliphatic carbocycles. The van der Waals surface area contributed by atoms with Gasteiger partial charge < -0.3 is 21.7 Å². The minimum Gasteiger partial charge on any atom is -0.382 e. The molecular formula is C24H24Cl2N6O2. The molecule has 0 saturated carbocycles. The Morgan fingerprint density at radius 2 is 2.00 bits per heavy atom. The van der Waals surface area contributed by atoms with Crippen LogP contribution in [0.5, 0.6) is 0 Å². The van der Waals surface area contributed by atoms with E-state index in [0.29, 0.717) is 33.4 Å². The zero-order chi connectivity index (χ0) is 24.1. The largest absolute Gasteiger partial charge is 0.382 e. The van der Waals surface area contributed by atoms with Crippen LogP contribution in [-0.4, -0.2) is 40.9 Å². The number of nitrogens with zero attached hydrogens (tertiary/aromatic N) is 2. The Balaban J connectivity index is 1.48. The van der Waals surface area contributed by atoms with Gasteiger partial charge in [-0.05, 0) is 49.2 Å². The van der Waals surface area contributed by atoms with Gasteiger partial charge >= 0.3 is 0 Å². The van der Waals surface area contributed by atoms with Crippen molar-refractivity contribution < 1.29 is 9.59 Å². The Kier molecular flexibility index (Phi) is 7.62. The number of nitrogens with two attached hydrogens (primary N) is 1. The van der Waals surface area contributed by atoms with Crippen LogP contribution in [0.4, 0.5) is 5.82 Å². The molecule has 1 aliphatic heterocycles. The van der Waals surface area contributed by atoms with Gasteiger partial charge in [-0.3, -0.25) is 9.59 Å². The van der Waals surface area contributed by atoms with Crippen LogP contribution in [-0.2, 0) is 6.54 Å². The monoisotopic (exact) mass is 498 g/mol. The van der Waals surface area contributed by atoms with Gasteiger partial charge in [-0.2, -0.15) is 0 Å². The zero-order valence-corrected chi connectivity index (χ0v) is 19.8. The van der Waals surface area contributed by atoms with E-state index in [4.69, 9.17) is 28.9 Å². The molecule has 176 valence electrons. The van der Waals surface area contributed by atoms with E-state index in [1.54, 1.807) is 42.5 Å². The summed E-state index contributed by atoms with van der Waals surface area (Å²) in [5, 5.41) is 10.1. The van der Waals surface area contributed by atoms with Crippen molar-refractivity contribution in [3.63, 3.8) is 0 Å². The second kappa shape index (κ2) is 10.8. The maximum Gasteiger partial charge on any atom is 0.274 e. The second-order valence-electron chi connectivity index (χ2n) is 8.01. The lowest BCUT2D eigenvalue weighted by molar-refractivity contribution is 0.0923. The summed E-state index contributed by atoms with van der Waals surface area (Å²) in [4.78, 5) is 34.1. The molecule has 3 aromatic rings. The molecule has 10 heteroatoms. The molecule has 1 fully saturated rings. The predicted molar refractivity (Wildman–Crippen MR) is 133 cm³/mol. The van der Waals surface area contributed by atoms with Crippen LogP contribution < -0.4 is 21.7 Å². The topological polar surface area (TPSA) is 122 Å². The third-order valence-corrected chi connectivity index (χ3v) is 6.11. The lowest BCUT2D eigenvalue weighted by Crippen LogP contribution is -2.46. The van der Waals surface area contributed by atoms with Gasteiger partial charge in [0.25, 0.3) is 11.8 Å². The smallest absolute Gasteiger partial charge is 0.274 e. The molecule has 34 heavy (non-hydrogen) atoms. The van der Waals surface area contributed by atoms with Crippen molar-refractivity contribution in [3.8, 4) is 11.3 Å². The Bertz CT molecular complexity index is 1210. The number of benzene rings is 2. The maximum absolute atomic E-state index is 12.8. The average molecular weight is 499 g/mol. The first-order valence-electron chi connectivity index (χ1n) is 10.9. The van der Waals surface area contributed by atoms with Crippen molar-refractivity contribution in [2.24, 2.45) is 0 Å². The molecule has 1 atom stereocenters. The Labute approximate surface area is 207 Å². The third kappa shape index (κ3) is 5.83. The number of piperidine rings is 1. The van der Waals surface area contributed by atoms with Crippen LogP contribution in [0.2, 0.25) is 10.0 Å². The summed E-state index contributed by atoms with van der Waals surface area (Å²) < 4.78 is 0. The SMILES string of the molecule is Nc1ncc(-c2cccc(C(=O)NCc3ccc(Cl)cc3Cl)c2)nc1C(=O)N[C@H]1CCCNC1. The number of nitrogen functional groups attached to an aromatic ring is 1. The lowest BCUT2D eigenvalue weighted by Gasteiger charge is -2.23. The highest BCUT2D eigenvalue weighted by molar-refractivity contribution is 6.35.